The summed E-state index contributed by atoms with van der Waals surface area (Å²) < 4.78 is 62.3. The third-order valence-corrected chi connectivity index (χ3v) is 4.45. The number of rotatable bonds is 5. The number of hydrogen-bond acceptors (Lipinski definition) is 6. The van der Waals surface area contributed by atoms with Crippen LogP contribution in [0.2, 0.25) is 0 Å². The molecule has 0 saturated carbocycles. The first-order chi connectivity index (χ1) is 11.4. The number of carbonyl (C=O) groups is 2. The summed E-state index contributed by atoms with van der Waals surface area (Å²) in [6.07, 6.45) is -3.39. The summed E-state index contributed by atoms with van der Waals surface area (Å²) in [6.45, 7) is -0.708. The molecule has 0 atom stereocenters. The molecule has 7 nitrogen and oxygen atoms in total. The molecule has 1 aliphatic heterocycles. The van der Waals surface area contributed by atoms with Gasteiger partial charge in [0.15, 0.2) is 9.84 Å². The summed E-state index contributed by atoms with van der Waals surface area (Å²) in [5.74, 6) is -1.52. The molecule has 1 heterocycles. The molecule has 2 amide bonds. The Morgan fingerprint density at radius 3 is 2.40 bits per heavy atom. The average Bonchev–Trinajstić information content (AvgIpc) is 2.73. The molecule has 0 unspecified atom stereocenters. The van der Waals surface area contributed by atoms with Gasteiger partial charge >= 0.3 is 6.18 Å². The van der Waals surface area contributed by atoms with Crippen molar-refractivity contribution in [3.05, 3.63) is 35.5 Å². The second-order valence-electron chi connectivity index (χ2n) is 5.18. The summed E-state index contributed by atoms with van der Waals surface area (Å²) in [4.78, 5) is 23.4. The molecule has 0 fully saturated rings. The molecule has 1 aromatic carbocycles. The van der Waals surface area contributed by atoms with E-state index in [0.29, 0.717) is 12.3 Å². The maximum Gasteiger partial charge on any atom is 0.417 e. The number of alkyl halides is 3. The summed E-state index contributed by atoms with van der Waals surface area (Å²) in [6, 6.07) is 2.37. The van der Waals surface area contributed by atoms with Crippen LogP contribution in [0.3, 0.4) is 0 Å². The van der Waals surface area contributed by atoms with Crippen LogP contribution in [0.25, 0.3) is 0 Å². The molecule has 11 heteroatoms. The van der Waals surface area contributed by atoms with Crippen LogP contribution in [-0.2, 0) is 25.6 Å². The van der Waals surface area contributed by atoms with Gasteiger partial charge in [-0.2, -0.15) is 13.2 Å². The molecular weight excluding hydrogens is 365 g/mol. The number of nitrogens with zero attached hydrogens (tertiary/aromatic N) is 1. The van der Waals surface area contributed by atoms with E-state index in [4.69, 9.17) is 5.11 Å². The topological polar surface area (TPSA) is 104 Å². The van der Waals surface area contributed by atoms with Crippen molar-refractivity contribution >= 4 is 27.3 Å². The van der Waals surface area contributed by atoms with Crippen LogP contribution in [0.15, 0.2) is 34.9 Å². The molecule has 0 aromatic heterocycles. The number of amides is 2. The fraction of sp³-hybridized carbons (Fsp3) is 0.286. The van der Waals surface area contributed by atoms with Gasteiger partial charge in [0.25, 0.3) is 11.8 Å². The third-order valence-electron chi connectivity index (χ3n) is 3.30. The number of aliphatic hydroxyl groups excluding tert-OH is 1. The van der Waals surface area contributed by atoms with Crippen molar-refractivity contribution in [3.63, 3.8) is 0 Å². The number of imide groups is 1. The van der Waals surface area contributed by atoms with Crippen molar-refractivity contribution < 1.29 is 36.3 Å². The van der Waals surface area contributed by atoms with E-state index in [1.165, 1.54) is 0 Å². The maximum atomic E-state index is 13.1. The van der Waals surface area contributed by atoms with Gasteiger partial charge in [-0.15, -0.1) is 0 Å². The van der Waals surface area contributed by atoms with Gasteiger partial charge in [-0.3, -0.25) is 14.5 Å². The largest absolute Gasteiger partial charge is 0.417 e. The molecule has 25 heavy (non-hydrogen) atoms. The summed E-state index contributed by atoms with van der Waals surface area (Å²) in [7, 11) is -4.12. The Balaban J connectivity index is 2.38. The van der Waals surface area contributed by atoms with Crippen molar-refractivity contribution in [2.24, 2.45) is 0 Å². The lowest BCUT2D eigenvalue weighted by atomic mass is 10.2. The van der Waals surface area contributed by atoms with E-state index in [-0.39, 0.29) is 17.9 Å². The second kappa shape index (κ2) is 6.48. The predicted octanol–water partition coefficient (Wildman–Crippen LogP) is 0.766. The smallest absolute Gasteiger partial charge is 0.395 e. The molecule has 0 saturated heterocycles. The lowest BCUT2D eigenvalue weighted by molar-refractivity contribution is -0.140. The van der Waals surface area contributed by atoms with Gasteiger partial charge < -0.3 is 10.4 Å². The Kier molecular flexibility index (Phi) is 4.91. The lowest BCUT2D eigenvalue weighted by Crippen LogP contribution is -2.34. The highest BCUT2D eigenvalue weighted by Gasteiger charge is 2.37. The summed E-state index contributed by atoms with van der Waals surface area (Å²) in [5.41, 5.74) is -1.87. The normalized spacial score (nSPS) is 15.6. The molecule has 1 aliphatic rings. The quantitative estimate of drug-likeness (QED) is 0.734. The Bertz CT molecular complexity index is 862. The number of anilines is 1. The molecule has 0 radical (unpaired) electrons. The number of aliphatic hydroxyl groups is 1. The molecule has 0 bridgehead atoms. The number of β-amino-alcohol motifs (C(OH)–C–C–N with tert-alkyl or cyclic N) is 1. The number of sulfone groups is 1. The zero-order valence-corrected chi connectivity index (χ0v) is 13.6. The molecule has 0 spiro atoms. The monoisotopic (exact) mass is 378 g/mol. The van der Waals surface area contributed by atoms with E-state index in [2.05, 4.69) is 5.32 Å². The van der Waals surface area contributed by atoms with Gasteiger partial charge in [-0.05, 0) is 18.2 Å². The highest BCUT2D eigenvalue weighted by molar-refractivity contribution is 7.90. The number of halogens is 3. The average molecular weight is 378 g/mol. The van der Waals surface area contributed by atoms with E-state index in [1.807, 2.05) is 0 Å². The Hall–Kier alpha value is -2.40. The van der Waals surface area contributed by atoms with Crippen LogP contribution in [-0.4, -0.2) is 49.6 Å². The molecule has 136 valence electrons. The standard InChI is InChI=1S/C14H13F3N2O5S/c1-25(23,24)11-3-2-8(6-9(11)14(15,16)17)18-10-7-12(21)19(4-5-20)13(10)22/h2-3,6-7,18,20H,4-5H2,1H3. The van der Waals surface area contributed by atoms with E-state index >= 15 is 0 Å². The minimum Gasteiger partial charge on any atom is -0.395 e. The van der Waals surface area contributed by atoms with E-state index < -0.39 is 44.9 Å². The molecular formula is C14H13F3N2O5S. The van der Waals surface area contributed by atoms with Gasteiger partial charge in [0, 0.05) is 18.0 Å². The Labute approximate surface area is 140 Å². The van der Waals surface area contributed by atoms with Gasteiger partial charge in [0.05, 0.1) is 23.6 Å². The number of benzene rings is 1. The fourth-order valence-electron chi connectivity index (χ4n) is 2.22. The lowest BCUT2D eigenvalue weighted by Gasteiger charge is -2.16. The zero-order chi connectivity index (χ0) is 19.0. The number of hydrogen-bond donors (Lipinski definition) is 2. The van der Waals surface area contributed by atoms with Crippen LogP contribution in [0.4, 0.5) is 18.9 Å². The first-order valence-corrected chi connectivity index (χ1v) is 8.71. The molecule has 2 rings (SSSR count). The molecule has 1 aromatic rings. The molecule has 2 N–H and O–H groups in total. The first kappa shape index (κ1) is 18.9. The van der Waals surface area contributed by atoms with Crippen molar-refractivity contribution in [1.29, 1.82) is 0 Å². The fourth-order valence-corrected chi connectivity index (χ4v) is 3.11. The van der Waals surface area contributed by atoms with E-state index in [9.17, 15) is 31.2 Å². The van der Waals surface area contributed by atoms with Crippen molar-refractivity contribution in [1.82, 2.24) is 4.90 Å². The number of nitrogens with one attached hydrogen (secondary N) is 1. The number of carbonyl (C=O) groups excluding carboxylic acids is 2. The summed E-state index contributed by atoms with van der Waals surface area (Å²) in [5, 5.41) is 11.2. The highest BCUT2D eigenvalue weighted by atomic mass is 32.2. The van der Waals surface area contributed by atoms with Crippen LogP contribution in [0.1, 0.15) is 5.56 Å². The van der Waals surface area contributed by atoms with Crippen LogP contribution in [0.5, 0.6) is 0 Å². The van der Waals surface area contributed by atoms with E-state index in [0.717, 1.165) is 23.1 Å². The van der Waals surface area contributed by atoms with Crippen molar-refractivity contribution in [2.45, 2.75) is 11.1 Å². The van der Waals surface area contributed by atoms with Crippen molar-refractivity contribution in [2.75, 3.05) is 24.7 Å². The summed E-state index contributed by atoms with van der Waals surface area (Å²) >= 11 is 0. The minimum absolute atomic E-state index is 0.210. The Morgan fingerprint density at radius 1 is 1.24 bits per heavy atom. The van der Waals surface area contributed by atoms with Crippen LogP contribution in [0, 0.1) is 0 Å². The van der Waals surface area contributed by atoms with Crippen molar-refractivity contribution in [3.8, 4) is 0 Å². The van der Waals surface area contributed by atoms with Gasteiger partial charge in [0.2, 0.25) is 0 Å². The highest BCUT2D eigenvalue weighted by Crippen LogP contribution is 2.36. The maximum absolute atomic E-state index is 13.1. The third kappa shape index (κ3) is 3.99. The van der Waals surface area contributed by atoms with Crippen LogP contribution < -0.4 is 5.32 Å². The van der Waals surface area contributed by atoms with Gasteiger partial charge in [0.1, 0.15) is 5.70 Å². The van der Waals surface area contributed by atoms with E-state index in [1.54, 1.807) is 0 Å². The Morgan fingerprint density at radius 2 is 1.88 bits per heavy atom. The first-order valence-electron chi connectivity index (χ1n) is 6.82. The molecule has 0 aliphatic carbocycles. The second-order valence-corrected chi connectivity index (χ2v) is 7.17. The van der Waals surface area contributed by atoms with Gasteiger partial charge in [-0.1, -0.05) is 0 Å². The van der Waals surface area contributed by atoms with Gasteiger partial charge in [-0.25, -0.2) is 8.42 Å². The van der Waals surface area contributed by atoms with Crippen LogP contribution >= 0.6 is 0 Å². The predicted molar refractivity (Wildman–Crippen MR) is 80.1 cm³/mol. The zero-order valence-electron chi connectivity index (χ0n) is 12.8. The minimum atomic E-state index is -4.93. The SMILES string of the molecule is CS(=O)(=O)c1ccc(NC2=CC(=O)N(CCO)C2=O)cc1C(F)(F)F.